The van der Waals surface area contributed by atoms with Crippen LogP contribution in [0.5, 0.6) is 0 Å². The molecule has 1 N–H and O–H groups in total. The topological polar surface area (TPSA) is 84.7 Å². The van der Waals surface area contributed by atoms with Gasteiger partial charge in [-0.1, -0.05) is 35.9 Å². The highest BCUT2D eigenvalue weighted by Crippen LogP contribution is 2.33. The summed E-state index contributed by atoms with van der Waals surface area (Å²) in [4.78, 5) is 6.89. The number of benzene rings is 2. The maximum absolute atomic E-state index is 13.4. The Bertz CT molecular complexity index is 1130. The van der Waals surface area contributed by atoms with E-state index in [1.54, 1.807) is 24.3 Å². The fourth-order valence-corrected chi connectivity index (χ4v) is 4.79. The zero-order chi connectivity index (χ0) is 21.8. The van der Waals surface area contributed by atoms with Gasteiger partial charge in [0.2, 0.25) is 26.6 Å². The molecule has 2 aromatic carbocycles. The third-order valence-corrected chi connectivity index (χ3v) is 7.05. The minimum Gasteiger partial charge on any atom is -0.419 e. The molecule has 8 heteroatoms. The molecule has 0 saturated carbocycles. The van der Waals surface area contributed by atoms with E-state index in [1.807, 2.05) is 38.1 Å². The van der Waals surface area contributed by atoms with E-state index in [-0.39, 0.29) is 21.7 Å². The van der Waals surface area contributed by atoms with Crippen LogP contribution in [0.1, 0.15) is 11.1 Å². The number of rotatable bonds is 7. The highest BCUT2D eigenvalue weighted by Gasteiger charge is 2.29. The molecule has 0 unspecified atom stereocenters. The van der Waals surface area contributed by atoms with Crippen LogP contribution in [0.15, 0.2) is 62.9 Å². The summed E-state index contributed by atoms with van der Waals surface area (Å²) in [5.74, 6) is 0.463. The number of morpholine rings is 1. The van der Waals surface area contributed by atoms with E-state index in [2.05, 4.69) is 15.2 Å². The van der Waals surface area contributed by atoms with E-state index >= 15 is 0 Å². The smallest absolute Gasteiger partial charge is 0.233 e. The maximum atomic E-state index is 13.4. The summed E-state index contributed by atoms with van der Waals surface area (Å²) in [6.45, 7) is 8.31. The number of nitrogens with zero attached hydrogens (tertiary/aromatic N) is 2. The minimum absolute atomic E-state index is 0.0865. The zero-order valence-electron chi connectivity index (χ0n) is 17.8. The van der Waals surface area contributed by atoms with Gasteiger partial charge in [-0.25, -0.2) is 8.42 Å². The fraction of sp³-hybridized carbons (Fsp3) is 0.348. The van der Waals surface area contributed by atoms with Crippen LogP contribution in [0.2, 0.25) is 0 Å². The third kappa shape index (κ3) is 4.81. The van der Waals surface area contributed by atoms with Gasteiger partial charge >= 0.3 is 0 Å². The van der Waals surface area contributed by atoms with Crippen LogP contribution in [0, 0.1) is 13.8 Å². The van der Waals surface area contributed by atoms with Gasteiger partial charge in [-0.05, 0) is 37.6 Å². The predicted molar refractivity (Wildman–Crippen MR) is 119 cm³/mol. The summed E-state index contributed by atoms with van der Waals surface area (Å²) in [7, 11) is -3.84. The van der Waals surface area contributed by atoms with E-state index in [1.165, 1.54) is 0 Å². The summed E-state index contributed by atoms with van der Waals surface area (Å²) in [6, 6.07) is 14.4. The van der Waals surface area contributed by atoms with Gasteiger partial charge in [0, 0.05) is 31.7 Å². The van der Waals surface area contributed by atoms with Crippen molar-refractivity contribution in [2.24, 2.45) is 0 Å². The lowest BCUT2D eigenvalue weighted by molar-refractivity contribution is 0.0398. The Kier molecular flexibility index (Phi) is 6.41. The molecule has 0 spiro atoms. The van der Waals surface area contributed by atoms with Crippen LogP contribution in [0.3, 0.4) is 0 Å². The highest BCUT2D eigenvalue weighted by molar-refractivity contribution is 7.91. The number of anilines is 1. The van der Waals surface area contributed by atoms with Crippen molar-refractivity contribution in [2.45, 2.75) is 23.8 Å². The van der Waals surface area contributed by atoms with Gasteiger partial charge in [0.1, 0.15) is 0 Å². The summed E-state index contributed by atoms with van der Waals surface area (Å²) in [5.41, 5.74) is 2.72. The molecular weight excluding hydrogens is 414 g/mol. The van der Waals surface area contributed by atoms with Crippen molar-refractivity contribution in [1.82, 2.24) is 9.88 Å². The van der Waals surface area contributed by atoms with Crippen LogP contribution in [0.25, 0.3) is 11.5 Å². The van der Waals surface area contributed by atoms with Crippen LogP contribution in [-0.4, -0.2) is 57.7 Å². The Morgan fingerprint density at radius 1 is 1.03 bits per heavy atom. The van der Waals surface area contributed by atoms with Crippen molar-refractivity contribution < 1.29 is 17.6 Å². The van der Waals surface area contributed by atoms with Crippen LogP contribution >= 0.6 is 0 Å². The molecule has 1 aliphatic heterocycles. The van der Waals surface area contributed by atoms with Crippen molar-refractivity contribution in [3.8, 4) is 11.5 Å². The van der Waals surface area contributed by atoms with Crippen LogP contribution in [-0.2, 0) is 14.6 Å². The quantitative estimate of drug-likeness (QED) is 0.600. The number of ether oxygens (including phenoxy) is 1. The van der Waals surface area contributed by atoms with Crippen molar-refractivity contribution in [1.29, 1.82) is 0 Å². The first-order chi connectivity index (χ1) is 14.9. The molecule has 1 aromatic heterocycles. The normalized spacial score (nSPS) is 15.2. The highest BCUT2D eigenvalue weighted by atomic mass is 32.2. The van der Waals surface area contributed by atoms with Gasteiger partial charge in [-0.2, -0.15) is 4.98 Å². The molecule has 7 nitrogen and oxygen atoms in total. The first kappa shape index (κ1) is 21.5. The molecule has 1 fully saturated rings. The monoisotopic (exact) mass is 441 g/mol. The summed E-state index contributed by atoms with van der Waals surface area (Å²) < 4.78 is 38.1. The molecule has 0 amide bonds. The molecule has 4 rings (SSSR count). The zero-order valence-corrected chi connectivity index (χ0v) is 18.6. The standard InChI is InChI=1S/C23H27N3O4S/c1-17-7-9-19(10-8-17)31(27,28)23-22(24-11-12-26-13-15-29-16-14-26)30-21(25-23)20-6-4-3-5-18(20)2/h3-10,24H,11-16H2,1-2H3. The van der Waals surface area contributed by atoms with Gasteiger partial charge in [-0.3, -0.25) is 4.90 Å². The lowest BCUT2D eigenvalue weighted by Crippen LogP contribution is -2.39. The summed E-state index contributed by atoms with van der Waals surface area (Å²) in [5, 5.41) is 3.08. The van der Waals surface area contributed by atoms with Crippen molar-refractivity contribution >= 4 is 15.7 Å². The Morgan fingerprint density at radius 3 is 2.45 bits per heavy atom. The lowest BCUT2D eigenvalue weighted by atomic mass is 10.1. The van der Waals surface area contributed by atoms with Gasteiger partial charge in [0.25, 0.3) is 0 Å². The number of hydrogen-bond acceptors (Lipinski definition) is 7. The Balaban J connectivity index is 1.66. The molecule has 1 saturated heterocycles. The van der Waals surface area contributed by atoms with Gasteiger partial charge in [-0.15, -0.1) is 0 Å². The molecule has 31 heavy (non-hydrogen) atoms. The van der Waals surface area contributed by atoms with Crippen LogP contribution in [0.4, 0.5) is 5.88 Å². The predicted octanol–water partition coefficient (Wildman–Crippen LogP) is 3.54. The molecule has 1 aliphatic rings. The average Bonchev–Trinajstić information content (AvgIpc) is 3.20. The Hall–Kier alpha value is -2.68. The van der Waals surface area contributed by atoms with E-state index in [0.29, 0.717) is 19.8 Å². The maximum Gasteiger partial charge on any atom is 0.233 e. The number of oxazole rings is 1. The number of aromatic nitrogens is 1. The Morgan fingerprint density at radius 2 is 1.74 bits per heavy atom. The second-order valence-corrected chi connectivity index (χ2v) is 9.53. The van der Waals surface area contributed by atoms with Crippen molar-refractivity contribution in [2.75, 3.05) is 44.7 Å². The minimum atomic E-state index is -3.84. The molecule has 0 atom stereocenters. The van der Waals surface area contributed by atoms with Crippen molar-refractivity contribution in [3.63, 3.8) is 0 Å². The number of nitrogens with one attached hydrogen (secondary N) is 1. The second-order valence-electron chi connectivity index (χ2n) is 7.67. The second kappa shape index (κ2) is 9.21. The number of sulfone groups is 1. The summed E-state index contributed by atoms with van der Waals surface area (Å²) >= 11 is 0. The molecule has 2 heterocycles. The molecule has 0 aliphatic carbocycles. The number of aryl methyl sites for hydroxylation is 2. The van der Waals surface area contributed by atoms with Gasteiger partial charge < -0.3 is 14.5 Å². The number of hydrogen-bond donors (Lipinski definition) is 1. The first-order valence-electron chi connectivity index (χ1n) is 10.4. The molecule has 164 valence electrons. The molecule has 0 bridgehead atoms. The summed E-state index contributed by atoms with van der Waals surface area (Å²) in [6.07, 6.45) is 0. The molecule has 0 radical (unpaired) electrons. The van der Waals surface area contributed by atoms with Gasteiger partial charge in [0.15, 0.2) is 0 Å². The van der Waals surface area contributed by atoms with E-state index in [4.69, 9.17) is 9.15 Å². The van der Waals surface area contributed by atoms with Crippen molar-refractivity contribution in [3.05, 3.63) is 59.7 Å². The van der Waals surface area contributed by atoms with E-state index in [9.17, 15) is 8.42 Å². The SMILES string of the molecule is Cc1ccc(S(=O)(=O)c2nc(-c3ccccc3C)oc2NCCN2CCOCC2)cc1. The average molecular weight is 442 g/mol. The fourth-order valence-electron chi connectivity index (χ4n) is 3.51. The molecule has 3 aromatic rings. The van der Waals surface area contributed by atoms with Gasteiger partial charge in [0.05, 0.1) is 18.1 Å². The first-order valence-corrected chi connectivity index (χ1v) is 11.9. The van der Waals surface area contributed by atoms with E-state index in [0.717, 1.165) is 36.3 Å². The third-order valence-electron chi connectivity index (χ3n) is 5.37. The van der Waals surface area contributed by atoms with E-state index < -0.39 is 9.84 Å². The Labute approximate surface area is 183 Å². The molecular formula is C23H27N3O4S. The largest absolute Gasteiger partial charge is 0.419 e. The van der Waals surface area contributed by atoms with Crippen LogP contribution < -0.4 is 5.32 Å². The lowest BCUT2D eigenvalue weighted by Gasteiger charge is -2.26.